The van der Waals surface area contributed by atoms with Crippen LogP contribution in [-0.2, 0) is 6.42 Å². The smallest absolute Gasteiger partial charge is 0.227 e. The molecule has 2 heterocycles. The summed E-state index contributed by atoms with van der Waals surface area (Å²) in [5.74, 6) is 2.45. The Morgan fingerprint density at radius 2 is 2.00 bits per heavy atom. The Bertz CT molecular complexity index is 370. The first-order chi connectivity index (χ1) is 8.19. The maximum absolute atomic E-state index is 4.68. The lowest BCUT2D eigenvalue weighted by molar-refractivity contribution is 0.633. The molecule has 17 heavy (non-hydrogen) atoms. The molecular weight excluding hydrogens is 212 g/mol. The van der Waals surface area contributed by atoms with Gasteiger partial charge in [0.1, 0.15) is 5.82 Å². The van der Waals surface area contributed by atoms with Crippen molar-refractivity contribution in [3.05, 3.63) is 11.8 Å². The SMILES string of the molecule is CNc1cc(CC(C)C)nc(N2CCCC2)n1. The van der Waals surface area contributed by atoms with E-state index in [-0.39, 0.29) is 0 Å². The molecule has 0 bridgehead atoms. The highest BCUT2D eigenvalue weighted by Gasteiger charge is 2.16. The summed E-state index contributed by atoms with van der Waals surface area (Å²) in [4.78, 5) is 11.5. The molecule has 1 N–H and O–H groups in total. The van der Waals surface area contributed by atoms with Crippen LogP contribution in [-0.4, -0.2) is 30.1 Å². The van der Waals surface area contributed by atoms with E-state index in [0.29, 0.717) is 5.92 Å². The minimum absolute atomic E-state index is 0.626. The molecule has 1 saturated heterocycles. The van der Waals surface area contributed by atoms with Crippen LogP contribution < -0.4 is 10.2 Å². The number of hydrogen-bond acceptors (Lipinski definition) is 4. The molecule has 0 amide bonds. The topological polar surface area (TPSA) is 41.1 Å². The summed E-state index contributed by atoms with van der Waals surface area (Å²) in [6.07, 6.45) is 3.53. The lowest BCUT2D eigenvalue weighted by Gasteiger charge is -2.17. The zero-order valence-electron chi connectivity index (χ0n) is 11.0. The van der Waals surface area contributed by atoms with Gasteiger partial charge in [-0.05, 0) is 25.2 Å². The monoisotopic (exact) mass is 234 g/mol. The number of aromatic nitrogens is 2. The van der Waals surface area contributed by atoms with Crippen molar-refractivity contribution in [2.45, 2.75) is 33.1 Å². The lowest BCUT2D eigenvalue weighted by atomic mass is 10.1. The van der Waals surface area contributed by atoms with Gasteiger partial charge in [-0.15, -0.1) is 0 Å². The molecule has 4 nitrogen and oxygen atoms in total. The molecule has 0 unspecified atom stereocenters. The van der Waals surface area contributed by atoms with Crippen molar-refractivity contribution in [3.63, 3.8) is 0 Å². The van der Waals surface area contributed by atoms with Gasteiger partial charge in [-0.25, -0.2) is 4.98 Å². The van der Waals surface area contributed by atoms with Crippen LogP contribution in [0.15, 0.2) is 6.07 Å². The highest BCUT2D eigenvalue weighted by Crippen LogP contribution is 2.19. The van der Waals surface area contributed by atoms with E-state index in [1.165, 1.54) is 12.8 Å². The van der Waals surface area contributed by atoms with E-state index in [1.54, 1.807) is 0 Å². The highest BCUT2D eigenvalue weighted by atomic mass is 15.3. The average Bonchev–Trinajstić information content (AvgIpc) is 2.81. The quantitative estimate of drug-likeness (QED) is 0.868. The van der Waals surface area contributed by atoms with Gasteiger partial charge in [0.05, 0.1) is 0 Å². The Morgan fingerprint density at radius 3 is 2.59 bits per heavy atom. The maximum atomic E-state index is 4.68. The molecule has 0 saturated carbocycles. The molecule has 94 valence electrons. The highest BCUT2D eigenvalue weighted by molar-refractivity contribution is 5.44. The summed E-state index contributed by atoms with van der Waals surface area (Å²) >= 11 is 0. The molecule has 0 aliphatic carbocycles. The number of anilines is 2. The van der Waals surface area contributed by atoms with Crippen LogP contribution >= 0.6 is 0 Å². The first-order valence-electron chi connectivity index (χ1n) is 6.49. The van der Waals surface area contributed by atoms with Gasteiger partial charge >= 0.3 is 0 Å². The molecule has 0 aromatic carbocycles. The minimum atomic E-state index is 0.626. The second-order valence-corrected chi connectivity index (χ2v) is 5.09. The lowest BCUT2D eigenvalue weighted by Crippen LogP contribution is -2.21. The summed E-state index contributed by atoms with van der Waals surface area (Å²) in [5, 5.41) is 3.13. The van der Waals surface area contributed by atoms with Crippen molar-refractivity contribution in [1.82, 2.24) is 9.97 Å². The van der Waals surface area contributed by atoms with Crippen LogP contribution in [0.4, 0.5) is 11.8 Å². The molecule has 1 aliphatic heterocycles. The number of rotatable bonds is 4. The van der Waals surface area contributed by atoms with E-state index in [0.717, 1.165) is 37.0 Å². The molecule has 1 aromatic heterocycles. The van der Waals surface area contributed by atoms with E-state index in [2.05, 4.69) is 40.1 Å². The van der Waals surface area contributed by atoms with E-state index >= 15 is 0 Å². The molecule has 0 atom stereocenters. The Balaban J connectivity index is 2.24. The zero-order valence-corrected chi connectivity index (χ0v) is 11.0. The van der Waals surface area contributed by atoms with Crippen molar-refractivity contribution in [3.8, 4) is 0 Å². The van der Waals surface area contributed by atoms with Gasteiger partial charge in [0.2, 0.25) is 5.95 Å². The molecule has 1 aliphatic rings. The van der Waals surface area contributed by atoms with Crippen molar-refractivity contribution < 1.29 is 0 Å². The van der Waals surface area contributed by atoms with E-state index in [4.69, 9.17) is 0 Å². The van der Waals surface area contributed by atoms with Gasteiger partial charge in [0.25, 0.3) is 0 Å². The largest absolute Gasteiger partial charge is 0.373 e. The Hall–Kier alpha value is -1.32. The first-order valence-corrected chi connectivity index (χ1v) is 6.49. The van der Waals surface area contributed by atoms with Crippen LogP contribution in [0.3, 0.4) is 0 Å². The minimum Gasteiger partial charge on any atom is -0.373 e. The van der Waals surface area contributed by atoms with Gasteiger partial charge in [0.15, 0.2) is 0 Å². The summed E-state index contributed by atoms with van der Waals surface area (Å²) in [6, 6.07) is 2.06. The third-order valence-electron chi connectivity index (χ3n) is 3.03. The van der Waals surface area contributed by atoms with Crippen LogP contribution in [0, 0.1) is 5.92 Å². The zero-order chi connectivity index (χ0) is 12.3. The standard InChI is InChI=1S/C13H22N4/c1-10(2)8-11-9-12(14-3)16-13(15-11)17-6-4-5-7-17/h9-10H,4-8H2,1-3H3,(H,14,15,16). The Labute approximate surface area is 103 Å². The summed E-state index contributed by atoms with van der Waals surface area (Å²) in [6.45, 7) is 6.62. The van der Waals surface area contributed by atoms with Gasteiger partial charge in [-0.2, -0.15) is 4.98 Å². The normalized spacial score (nSPS) is 15.6. The van der Waals surface area contributed by atoms with Crippen molar-refractivity contribution in [1.29, 1.82) is 0 Å². The fourth-order valence-corrected chi connectivity index (χ4v) is 2.19. The fourth-order valence-electron chi connectivity index (χ4n) is 2.19. The molecule has 0 radical (unpaired) electrons. The summed E-state index contributed by atoms with van der Waals surface area (Å²) < 4.78 is 0. The van der Waals surface area contributed by atoms with Crippen LogP contribution in [0.5, 0.6) is 0 Å². The summed E-state index contributed by atoms with van der Waals surface area (Å²) in [5.41, 5.74) is 1.14. The third kappa shape index (κ3) is 3.08. The summed E-state index contributed by atoms with van der Waals surface area (Å²) in [7, 11) is 1.91. The third-order valence-corrected chi connectivity index (χ3v) is 3.03. The van der Waals surface area contributed by atoms with Crippen molar-refractivity contribution in [2.24, 2.45) is 5.92 Å². The van der Waals surface area contributed by atoms with E-state index in [9.17, 15) is 0 Å². The molecular formula is C13H22N4. The van der Waals surface area contributed by atoms with Gasteiger partial charge in [-0.1, -0.05) is 13.8 Å². The molecule has 1 aromatic rings. The molecule has 1 fully saturated rings. The van der Waals surface area contributed by atoms with Crippen LogP contribution in [0.25, 0.3) is 0 Å². The predicted octanol–water partition coefficient (Wildman–Crippen LogP) is 2.32. The average molecular weight is 234 g/mol. The molecule has 4 heteroatoms. The fraction of sp³-hybridized carbons (Fsp3) is 0.692. The van der Waals surface area contributed by atoms with Crippen LogP contribution in [0.2, 0.25) is 0 Å². The maximum Gasteiger partial charge on any atom is 0.227 e. The van der Waals surface area contributed by atoms with Gasteiger partial charge in [0, 0.05) is 31.9 Å². The first kappa shape index (κ1) is 12.1. The van der Waals surface area contributed by atoms with Gasteiger partial charge < -0.3 is 10.2 Å². The van der Waals surface area contributed by atoms with Crippen molar-refractivity contribution >= 4 is 11.8 Å². The second kappa shape index (κ2) is 5.34. The Morgan fingerprint density at radius 1 is 1.29 bits per heavy atom. The van der Waals surface area contributed by atoms with Crippen molar-refractivity contribution in [2.75, 3.05) is 30.4 Å². The molecule has 2 rings (SSSR count). The number of nitrogens with one attached hydrogen (secondary N) is 1. The molecule has 0 spiro atoms. The van der Waals surface area contributed by atoms with E-state index in [1.807, 2.05) is 7.05 Å². The number of nitrogens with zero attached hydrogens (tertiary/aromatic N) is 3. The van der Waals surface area contributed by atoms with E-state index < -0.39 is 0 Å². The second-order valence-electron chi connectivity index (χ2n) is 5.09. The predicted molar refractivity (Wildman–Crippen MR) is 71.6 cm³/mol. The van der Waals surface area contributed by atoms with Gasteiger partial charge in [-0.3, -0.25) is 0 Å². The number of hydrogen-bond donors (Lipinski definition) is 1. The Kier molecular flexibility index (Phi) is 3.82. The van der Waals surface area contributed by atoms with Crippen LogP contribution in [0.1, 0.15) is 32.4 Å².